The molecule has 1 saturated heterocycles. The molecule has 146 valence electrons. The second-order valence-electron chi connectivity index (χ2n) is 6.68. The number of aliphatic imine (C=N–C) groups is 1. The van der Waals surface area contributed by atoms with Crippen molar-refractivity contribution in [2.45, 2.75) is 26.4 Å². The predicted molar refractivity (Wildman–Crippen MR) is 109 cm³/mol. The molecular formula is C20H30N6O. The Balaban J connectivity index is 1.54. The summed E-state index contributed by atoms with van der Waals surface area (Å²) >= 11 is 0. The number of nitrogens with one attached hydrogen (secondary N) is 3. The van der Waals surface area contributed by atoms with Crippen LogP contribution in [0.5, 0.6) is 0 Å². The van der Waals surface area contributed by atoms with Gasteiger partial charge in [-0.15, -0.1) is 0 Å². The lowest BCUT2D eigenvalue weighted by Crippen LogP contribution is -2.49. The van der Waals surface area contributed by atoms with E-state index in [1.54, 1.807) is 0 Å². The number of H-pyrrole nitrogens is 1. The molecule has 0 saturated carbocycles. The molecule has 0 bridgehead atoms. The van der Waals surface area contributed by atoms with Crippen LogP contribution in [-0.2, 0) is 11.3 Å². The first kappa shape index (κ1) is 19.4. The molecule has 1 fully saturated rings. The first-order chi connectivity index (χ1) is 13.3. The third-order valence-corrected chi connectivity index (χ3v) is 4.68. The first-order valence-corrected chi connectivity index (χ1v) is 9.69. The summed E-state index contributed by atoms with van der Waals surface area (Å²) in [7, 11) is 0. The number of nitrogens with zero attached hydrogens (tertiary/aromatic N) is 3. The largest absolute Gasteiger partial charge is 0.379 e. The Morgan fingerprint density at radius 1 is 1.26 bits per heavy atom. The van der Waals surface area contributed by atoms with E-state index in [1.807, 2.05) is 24.4 Å². The van der Waals surface area contributed by atoms with Crippen molar-refractivity contribution < 1.29 is 4.74 Å². The van der Waals surface area contributed by atoms with Crippen molar-refractivity contribution in [3.63, 3.8) is 0 Å². The topological polar surface area (TPSA) is 77.6 Å². The molecule has 0 spiro atoms. The van der Waals surface area contributed by atoms with Gasteiger partial charge in [0.15, 0.2) is 5.96 Å². The van der Waals surface area contributed by atoms with Crippen molar-refractivity contribution in [1.82, 2.24) is 25.5 Å². The standard InChI is InChI=1S/C20H30N6O/c1-3-21-20(23-13-16(2)26-9-11-27-12-10-26)24-15-19-22-14-18(25-19)17-7-5-4-6-8-17/h4-8,14,16H,3,9-13,15H2,1-2H3,(H,22,25)(H2,21,23,24). The fraction of sp³-hybridized carbons (Fsp3) is 0.500. The van der Waals surface area contributed by atoms with Gasteiger partial charge in [-0.05, 0) is 19.4 Å². The van der Waals surface area contributed by atoms with E-state index in [4.69, 9.17) is 4.74 Å². The molecule has 27 heavy (non-hydrogen) atoms. The maximum atomic E-state index is 5.43. The van der Waals surface area contributed by atoms with Crippen LogP contribution in [0.2, 0.25) is 0 Å². The lowest BCUT2D eigenvalue weighted by Gasteiger charge is -2.32. The molecule has 1 aromatic heterocycles. The van der Waals surface area contributed by atoms with Gasteiger partial charge in [-0.2, -0.15) is 0 Å². The van der Waals surface area contributed by atoms with E-state index in [9.17, 15) is 0 Å². The zero-order valence-corrected chi connectivity index (χ0v) is 16.2. The minimum Gasteiger partial charge on any atom is -0.379 e. The highest BCUT2D eigenvalue weighted by Crippen LogP contribution is 2.16. The summed E-state index contributed by atoms with van der Waals surface area (Å²) in [5.74, 6) is 1.67. The Kier molecular flexibility index (Phi) is 7.24. The first-order valence-electron chi connectivity index (χ1n) is 9.69. The minimum atomic E-state index is 0.436. The smallest absolute Gasteiger partial charge is 0.191 e. The maximum Gasteiger partial charge on any atom is 0.191 e. The third-order valence-electron chi connectivity index (χ3n) is 4.68. The predicted octanol–water partition coefficient (Wildman–Crippen LogP) is 1.85. The van der Waals surface area contributed by atoms with Gasteiger partial charge in [-0.3, -0.25) is 4.90 Å². The zero-order valence-electron chi connectivity index (χ0n) is 16.2. The molecule has 0 aliphatic carbocycles. The summed E-state index contributed by atoms with van der Waals surface area (Å²) in [5, 5.41) is 6.74. The number of rotatable bonds is 7. The van der Waals surface area contributed by atoms with E-state index in [0.717, 1.165) is 62.4 Å². The monoisotopic (exact) mass is 370 g/mol. The quantitative estimate of drug-likeness (QED) is 0.512. The highest BCUT2D eigenvalue weighted by atomic mass is 16.5. The van der Waals surface area contributed by atoms with Crippen molar-refractivity contribution in [3.05, 3.63) is 42.4 Å². The third kappa shape index (κ3) is 5.80. The average Bonchev–Trinajstić information content (AvgIpc) is 3.20. The van der Waals surface area contributed by atoms with Gasteiger partial charge >= 0.3 is 0 Å². The van der Waals surface area contributed by atoms with Crippen LogP contribution in [0.3, 0.4) is 0 Å². The summed E-state index contributed by atoms with van der Waals surface area (Å²) in [6, 6.07) is 10.6. The highest BCUT2D eigenvalue weighted by molar-refractivity contribution is 5.79. The number of morpholine rings is 1. The van der Waals surface area contributed by atoms with Crippen LogP contribution in [-0.4, -0.2) is 66.3 Å². The Hall–Kier alpha value is -2.38. The van der Waals surface area contributed by atoms with Crippen LogP contribution < -0.4 is 10.6 Å². The molecule has 1 aromatic carbocycles. The van der Waals surface area contributed by atoms with E-state index >= 15 is 0 Å². The summed E-state index contributed by atoms with van der Waals surface area (Å²) in [5.41, 5.74) is 2.14. The zero-order chi connectivity index (χ0) is 18.9. The summed E-state index contributed by atoms with van der Waals surface area (Å²) < 4.78 is 5.43. The fourth-order valence-corrected chi connectivity index (χ4v) is 3.09. The molecule has 1 aliphatic heterocycles. The van der Waals surface area contributed by atoms with Gasteiger partial charge < -0.3 is 20.4 Å². The molecule has 0 amide bonds. The number of hydrogen-bond acceptors (Lipinski definition) is 4. The van der Waals surface area contributed by atoms with Crippen LogP contribution in [0.15, 0.2) is 41.5 Å². The number of aromatic nitrogens is 2. The highest BCUT2D eigenvalue weighted by Gasteiger charge is 2.17. The fourth-order valence-electron chi connectivity index (χ4n) is 3.09. The minimum absolute atomic E-state index is 0.436. The van der Waals surface area contributed by atoms with Gasteiger partial charge in [0.2, 0.25) is 0 Å². The number of benzene rings is 1. The van der Waals surface area contributed by atoms with Crippen molar-refractivity contribution in [2.75, 3.05) is 39.4 Å². The number of aromatic amines is 1. The van der Waals surface area contributed by atoms with Crippen molar-refractivity contribution in [3.8, 4) is 11.3 Å². The van der Waals surface area contributed by atoms with E-state index in [2.05, 4.69) is 56.5 Å². The molecule has 1 aliphatic rings. The Morgan fingerprint density at radius 2 is 2.04 bits per heavy atom. The maximum absolute atomic E-state index is 5.43. The Morgan fingerprint density at radius 3 is 2.78 bits per heavy atom. The van der Waals surface area contributed by atoms with Crippen LogP contribution >= 0.6 is 0 Å². The lowest BCUT2D eigenvalue weighted by molar-refractivity contribution is 0.0211. The molecule has 7 heteroatoms. The van der Waals surface area contributed by atoms with Gasteiger partial charge in [0.05, 0.1) is 25.1 Å². The average molecular weight is 371 g/mol. The van der Waals surface area contributed by atoms with Crippen molar-refractivity contribution in [2.24, 2.45) is 4.99 Å². The molecule has 2 aromatic rings. The van der Waals surface area contributed by atoms with Crippen LogP contribution in [0.25, 0.3) is 11.3 Å². The van der Waals surface area contributed by atoms with Crippen LogP contribution in [0.4, 0.5) is 0 Å². The molecule has 2 heterocycles. The normalized spacial score (nSPS) is 16.9. The van der Waals surface area contributed by atoms with Gasteiger partial charge in [-0.1, -0.05) is 30.3 Å². The van der Waals surface area contributed by atoms with E-state index in [0.29, 0.717) is 12.6 Å². The number of imidazole rings is 1. The van der Waals surface area contributed by atoms with Gasteiger partial charge in [0, 0.05) is 32.2 Å². The Bertz CT molecular complexity index is 708. The number of hydrogen-bond donors (Lipinski definition) is 3. The summed E-state index contributed by atoms with van der Waals surface area (Å²) in [6.07, 6.45) is 1.86. The molecule has 1 atom stereocenters. The number of guanidine groups is 1. The van der Waals surface area contributed by atoms with Crippen molar-refractivity contribution >= 4 is 5.96 Å². The van der Waals surface area contributed by atoms with Gasteiger partial charge in [-0.25, -0.2) is 9.98 Å². The molecular weight excluding hydrogens is 340 g/mol. The van der Waals surface area contributed by atoms with E-state index < -0.39 is 0 Å². The van der Waals surface area contributed by atoms with Crippen molar-refractivity contribution in [1.29, 1.82) is 0 Å². The molecule has 3 rings (SSSR count). The van der Waals surface area contributed by atoms with Gasteiger partial charge in [0.1, 0.15) is 12.4 Å². The molecule has 3 N–H and O–H groups in total. The summed E-state index contributed by atoms with van der Waals surface area (Å²) in [4.78, 5) is 14.9. The summed E-state index contributed by atoms with van der Waals surface area (Å²) in [6.45, 7) is 10.1. The number of ether oxygens (including phenoxy) is 1. The molecule has 0 radical (unpaired) electrons. The van der Waals surface area contributed by atoms with Crippen LogP contribution in [0.1, 0.15) is 19.7 Å². The van der Waals surface area contributed by atoms with Crippen LogP contribution in [0, 0.1) is 0 Å². The van der Waals surface area contributed by atoms with E-state index in [1.165, 1.54) is 0 Å². The molecule has 7 nitrogen and oxygen atoms in total. The Labute approximate surface area is 161 Å². The van der Waals surface area contributed by atoms with Gasteiger partial charge in [0.25, 0.3) is 0 Å². The van der Waals surface area contributed by atoms with E-state index in [-0.39, 0.29) is 0 Å². The lowest BCUT2D eigenvalue weighted by atomic mass is 10.2. The second kappa shape index (κ2) is 10.1. The SMILES string of the molecule is CCNC(=NCc1ncc(-c2ccccc2)[nH]1)NCC(C)N1CCOCC1. The molecule has 1 unspecified atom stereocenters. The second-order valence-corrected chi connectivity index (χ2v) is 6.68.